The number of ether oxygens (including phenoxy) is 1. The Morgan fingerprint density at radius 2 is 1.76 bits per heavy atom. The van der Waals surface area contributed by atoms with E-state index in [-0.39, 0.29) is 5.56 Å². The van der Waals surface area contributed by atoms with Gasteiger partial charge in [0.2, 0.25) is 5.88 Å². The molecule has 5 aromatic rings. The van der Waals surface area contributed by atoms with E-state index in [0.29, 0.717) is 35.7 Å². The quantitative estimate of drug-likeness (QED) is 0.241. The van der Waals surface area contributed by atoms with Crippen LogP contribution < -0.4 is 16.0 Å². The maximum atomic E-state index is 13.1. The topological polar surface area (TPSA) is 112 Å². The van der Waals surface area contributed by atoms with E-state index in [0.717, 1.165) is 31.2 Å². The van der Waals surface area contributed by atoms with Crippen molar-refractivity contribution in [3.63, 3.8) is 0 Å². The molecular formula is C29H25BrN4O4. The zero-order chi connectivity index (χ0) is 26.8. The molecule has 0 fully saturated rings. The number of hydrogen-bond donors (Lipinski definition) is 3. The van der Waals surface area contributed by atoms with Crippen LogP contribution in [0, 0.1) is 6.92 Å². The number of rotatable bonds is 7. The number of halogens is 1. The van der Waals surface area contributed by atoms with E-state index in [9.17, 15) is 14.7 Å². The molecule has 2 aromatic heterocycles. The predicted octanol–water partition coefficient (Wildman–Crippen LogP) is 4.87. The fraction of sp³-hybridized carbons (Fsp3) is 0.138. The fourth-order valence-corrected chi connectivity index (χ4v) is 4.94. The molecule has 0 unspecified atom stereocenters. The van der Waals surface area contributed by atoms with Crippen molar-refractivity contribution < 1.29 is 9.84 Å². The molecule has 0 radical (unpaired) electrons. The van der Waals surface area contributed by atoms with Crippen LogP contribution in [0.3, 0.4) is 0 Å². The van der Waals surface area contributed by atoms with Gasteiger partial charge in [0.1, 0.15) is 11.3 Å². The van der Waals surface area contributed by atoms with Crippen molar-refractivity contribution in [2.75, 3.05) is 13.7 Å². The van der Waals surface area contributed by atoms with Crippen molar-refractivity contribution in [1.29, 1.82) is 0 Å². The van der Waals surface area contributed by atoms with Crippen LogP contribution in [0.2, 0.25) is 0 Å². The summed E-state index contributed by atoms with van der Waals surface area (Å²) in [7, 11) is 1.54. The molecule has 0 atom stereocenters. The van der Waals surface area contributed by atoms with E-state index >= 15 is 0 Å². The lowest BCUT2D eigenvalue weighted by atomic mass is 10.0. The second kappa shape index (κ2) is 10.5. The number of aromatic hydroxyl groups is 1. The Hall–Kier alpha value is -4.37. The summed E-state index contributed by atoms with van der Waals surface area (Å²) in [6.45, 7) is 2.37. The molecule has 3 aromatic carbocycles. The van der Waals surface area contributed by atoms with E-state index in [2.05, 4.69) is 32.0 Å². The smallest absolute Gasteiger partial charge is 0.335 e. The van der Waals surface area contributed by atoms with E-state index < -0.39 is 17.1 Å². The number of aromatic amines is 2. The van der Waals surface area contributed by atoms with Crippen molar-refractivity contribution in [3.8, 4) is 17.3 Å². The number of H-pyrrole nitrogens is 2. The number of aryl methyl sites for hydroxylation is 1. The predicted molar refractivity (Wildman–Crippen MR) is 152 cm³/mol. The first kappa shape index (κ1) is 25.3. The van der Waals surface area contributed by atoms with Gasteiger partial charge in [-0.25, -0.2) is 9.36 Å². The van der Waals surface area contributed by atoms with E-state index in [1.165, 1.54) is 7.11 Å². The molecule has 3 N–H and O–H groups in total. The number of hydrogen-bond acceptors (Lipinski definition) is 5. The van der Waals surface area contributed by atoms with Crippen LogP contribution in [0.15, 0.2) is 91.9 Å². The second-order valence-corrected chi connectivity index (χ2v) is 9.67. The van der Waals surface area contributed by atoms with Gasteiger partial charge in [0.05, 0.1) is 18.5 Å². The molecule has 0 saturated carbocycles. The molecule has 9 heteroatoms. The summed E-state index contributed by atoms with van der Waals surface area (Å²) in [5, 5.41) is 12.4. The summed E-state index contributed by atoms with van der Waals surface area (Å²) in [5.41, 5.74) is 2.97. The van der Waals surface area contributed by atoms with Crippen molar-refractivity contribution in [1.82, 2.24) is 14.5 Å². The lowest BCUT2D eigenvalue weighted by molar-refractivity contribution is 0.414. The molecule has 0 aliphatic carbocycles. The highest BCUT2D eigenvalue weighted by Gasteiger charge is 2.22. The molecule has 8 nitrogen and oxygen atoms in total. The van der Waals surface area contributed by atoms with Gasteiger partial charge in [0.25, 0.3) is 5.56 Å². The molecule has 192 valence electrons. The number of aromatic nitrogens is 3. The van der Waals surface area contributed by atoms with Gasteiger partial charge in [-0.3, -0.25) is 14.8 Å². The minimum absolute atomic E-state index is 0.0787. The summed E-state index contributed by atoms with van der Waals surface area (Å²) in [5.74, 6) is 0.107. The first-order chi connectivity index (χ1) is 18.4. The van der Waals surface area contributed by atoms with E-state index in [4.69, 9.17) is 9.73 Å². The molecule has 0 aliphatic rings. The first-order valence-electron chi connectivity index (χ1n) is 12.0. The zero-order valence-corrected chi connectivity index (χ0v) is 22.4. The number of methoxy groups -OCH3 is 1. The monoisotopic (exact) mass is 572 g/mol. The lowest BCUT2D eigenvalue weighted by Gasteiger charge is -2.14. The number of aliphatic imine (C=N–C) groups is 1. The average Bonchev–Trinajstić information content (AvgIpc) is 3.22. The normalized spacial score (nSPS) is 11.7. The van der Waals surface area contributed by atoms with Crippen molar-refractivity contribution >= 4 is 32.5 Å². The van der Waals surface area contributed by atoms with Crippen molar-refractivity contribution in [2.24, 2.45) is 4.99 Å². The molecular weight excluding hydrogens is 548 g/mol. The minimum atomic E-state index is -0.756. The lowest BCUT2D eigenvalue weighted by Crippen LogP contribution is -2.33. The zero-order valence-electron chi connectivity index (χ0n) is 20.8. The Bertz CT molecular complexity index is 1770. The van der Waals surface area contributed by atoms with Crippen molar-refractivity contribution in [3.05, 3.63) is 120 Å². The minimum Gasteiger partial charge on any atom is -0.497 e. The van der Waals surface area contributed by atoms with Crippen LogP contribution in [-0.2, 0) is 6.42 Å². The molecule has 2 heterocycles. The van der Waals surface area contributed by atoms with Crippen LogP contribution >= 0.6 is 15.9 Å². The van der Waals surface area contributed by atoms with Gasteiger partial charge in [-0.05, 0) is 61.4 Å². The standard InChI is InChI=1S/C29H25BrN4O4/c1-17-22(23-16-19(30)8-13-24(23)32-17)14-15-31-26(18-6-4-3-5-7-18)25-27(35)33-29(37)34(28(25)36)20-9-11-21(38-2)12-10-20/h3-13,16,32,36H,14-15H2,1-2H3,(H,33,35,37). The first-order valence-corrected chi connectivity index (χ1v) is 12.8. The Morgan fingerprint density at radius 1 is 1.03 bits per heavy atom. The highest BCUT2D eigenvalue weighted by Crippen LogP contribution is 2.27. The van der Waals surface area contributed by atoms with Crippen LogP contribution in [-0.4, -0.2) is 39.0 Å². The van der Waals surface area contributed by atoms with Gasteiger partial charge in [-0.1, -0.05) is 46.3 Å². The summed E-state index contributed by atoms with van der Waals surface area (Å²) in [6.07, 6.45) is 0.607. The third-order valence-corrected chi connectivity index (χ3v) is 6.91. The molecule has 0 aliphatic heterocycles. The van der Waals surface area contributed by atoms with Gasteiger partial charge in [0.15, 0.2) is 0 Å². The molecule has 0 spiro atoms. The van der Waals surface area contributed by atoms with Crippen LogP contribution in [0.5, 0.6) is 11.6 Å². The average molecular weight is 573 g/mol. The molecule has 0 bridgehead atoms. The maximum absolute atomic E-state index is 13.1. The number of nitrogens with zero attached hydrogens (tertiary/aromatic N) is 2. The molecule has 38 heavy (non-hydrogen) atoms. The van der Waals surface area contributed by atoms with Crippen LogP contribution in [0.25, 0.3) is 16.6 Å². The number of fused-ring (bicyclic) bond motifs is 1. The summed E-state index contributed by atoms with van der Waals surface area (Å²) in [6, 6.07) is 21.8. The Morgan fingerprint density at radius 3 is 2.47 bits per heavy atom. The summed E-state index contributed by atoms with van der Waals surface area (Å²) >= 11 is 3.54. The highest BCUT2D eigenvalue weighted by atomic mass is 79.9. The number of nitrogens with one attached hydrogen (secondary N) is 2. The fourth-order valence-electron chi connectivity index (χ4n) is 4.58. The molecule has 0 saturated heterocycles. The Balaban J connectivity index is 1.61. The SMILES string of the molecule is COc1ccc(-n2c(O)c(C(=NCCc3c(C)[nH]c4ccc(Br)cc34)c3ccccc3)c(=O)[nH]c2=O)cc1. The maximum Gasteiger partial charge on any atom is 0.335 e. The highest BCUT2D eigenvalue weighted by molar-refractivity contribution is 9.10. The van der Waals surface area contributed by atoms with E-state index in [1.807, 2.05) is 49.4 Å². The van der Waals surface area contributed by atoms with Crippen LogP contribution in [0.1, 0.15) is 22.4 Å². The summed E-state index contributed by atoms with van der Waals surface area (Å²) < 4.78 is 7.22. The third-order valence-electron chi connectivity index (χ3n) is 6.41. The Kier molecular flexibility index (Phi) is 7.02. The molecule has 0 amide bonds. The van der Waals surface area contributed by atoms with Gasteiger partial charge in [0, 0.05) is 33.2 Å². The van der Waals surface area contributed by atoms with Gasteiger partial charge < -0.3 is 14.8 Å². The van der Waals surface area contributed by atoms with Crippen LogP contribution in [0.4, 0.5) is 0 Å². The van der Waals surface area contributed by atoms with Crippen molar-refractivity contribution in [2.45, 2.75) is 13.3 Å². The molecule has 5 rings (SSSR count). The Labute approximate surface area is 226 Å². The largest absolute Gasteiger partial charge is 0.497 e. The number of benzene rings is 3. The second-order valence-electron chi connectivity index (χ2n) is 8.76. The van der Waals surface area contributed by atoms with E-state index in [1.54, 1.807) is 24.3 Å². The van der Waals surface area contributed by atoms with Gasteiger partial charge >= 0.3 is 5.69 Å². The summed E-state index contributed by atoms with van der Waals surface area (Å²) in [4.78, 5) is 36.4. The van der Waals surface area contributed by atoms with Gasteiger partial charge in [-0.15, -0.1) is 0 Å². The van der Waals surface area contributed by atoms with Gasteiger partial charge in [-0.2, -0.15) is 0 Å². The third kappa shape index (κ3) is 4.80.